The molecule has 2 nitrogen and oxygen atoms in total. The predicted octanol–water partition coefficient (Wildman–Crippen LogP) is 3.28. The van der Waals surface area contributed by atoms with E-state index in [4.69, 9.17) is 0 Å². The number of carbonyl (C=O) groups is 1. The molecule has 0 N–H and O–H groups in total. The molecule has 0 aliphatic rings. The van der Waals surface area contributed by atoms with E-state index in [0.29, 0.717) is 5.69 Å². The first-order valence-electron chi connectivity index (χ1n) is 5.82. The fourth-order valence-corrected chi connectivity index (χ4v) is 1.77. The van der Waals surface area contributed by atoms with E-state index in [0.717, 1.165) is 0 Å². The van der Waals surface area contributed by atoms with Crippen molar-refractivity contribution in [1.82, 2.24) is 0 Å². The molecule has 0 heterocycles. The standard InChI is InChI=1S/C15H13F2NO/c1-18(12-8-6-11(16)7-9-12)10-15(19)13-4-2-3-5-14(13)17/h2-9H,10H2,1H3. The van der Waals surface area contributed by atoms with Crippen LogP contribution in [-0.4, -0.2) is 19.4 Å². The number of Topliss-reactive ketones (excluding diaryl/α,β-unsaturated/α-hetero) is 1. The van der Waals surface area contributed by atoms with Crippen LogP contribution in [0.25, 0.3) is 0 Å². The summed E-state index contributed by atoms with van der Waals surface area (Å²) in [6, 6.07) is 11.7. The maximum atomic E-state index is 13.5. The molecule has 2 aromatic carbocycles. The zero-order chi connectivity index (χ0) is 13.8. The number of nitrogens with zero attached hydrogens (tertiary/aromatic N) is 1. The summed E-state index contributed by atoms with van der Waals surface area (Å²) >= 11 is 0. The smallest absolute Gasteiger partial charge is 0.185 e. The summed E-state index contributed by atoms with van der Waals surface area (Å²) < 4.78 is 26.3. The highest BCUT2D eigenvalue weighted by Gasteiger charge is 2.13. The monoisotopic (exact) mass is 261 g/mol. The summed E-state index contributed by atoms with van der Waals surface area (Å²) in [5.41, 5.74) is 0.766. The average molecular weight is 261 g/mol. The van der Waals surface area contributed by atoms with E-state index >= 15 is 0 Å². The normalized spacial score (nSPS) is 10.3. The van der Waals surface area contributed by atoms with Gasteiger partial charge in [0.15, 0.2) is 5.78 Å². The summed E-state index contributed by atoms with van der Waals surface area (Å²) in [4.78, 5) is 13.6. The van der Waals surface area contributed by atoms with Crippen LogP contribution in [-0.2, 0) is 0 Å². The van der Waals surface area contributed by atoms with Crippen LogP contribution in [0.3, 0.4) is 0 Å². The van der Waals surface area contributed by atoms with Gasteiger partial charge in [-0.2, -0.15) is 0 Å². The van der Waals surface area contributed by atoms with E-state index in [2.05, 4.69) is 0 Å². The third-order valence-electron chi connectivity index (χ3n) is 2.82. The molecule has 0 atom stereocenters. The second kappa shape index (κ2) is 5.61. The maximum absolute atomic E-state index is 13.5. The Morgan fingerprint density at radius 2 is 1.68 bits per heavy atom. The first kappa shape index (κ1) is 13.2. The molecule has 2 rings (SSSR count). The Balaban J connectivity index is 2.11. The molecule has 0 aliphatic heterocycles. The van der Waals surface area contributed by atoms with Crippen molar-refractivity contribution in [2.75, 3.05) is 18.5 Å². The largest absolute Gasteiger partial charge is 0.367 e. The molecule has 2 aromatic rings. The second-order valence-corrected chi connectivity index (χ2v) is 4.24. The van der Waals surface area contributed by atoms with Crippen LogP contribution in [0.1, 0.15) is 10.4 Å². The molecule has 0 spiro atoms. The van der Waals surface area contributed by atoms with Crippen LogP contribution >= 0.6 is 0 Å². The van der Waals surface area contributed by atoms with Crippen LogP contribution in [0.4, 0.5) is 14.5 Å². The number of carbonyl (C=O) groups excluding carboxylic acids is 1. The Hall–Kier alpha value is -2.23. The van der Waals surface area contributed by atoms with Gasteiger partial charge in [-0.25, -0.2) is 8.78 Å². The molecular weight excluding hydrogens is 248 g/mol. The fourth-order valence-electron chi connectivity index (χ4n) is 1.77. The summed E-state index contributed by atoms with van der Waals surface area (Å²) in [5.74, 6) is -1.18. The highest BCUT2D eigenvalue weighted by Crippen LogP contribution is 2.14. The quantitative estimate of drug-likeness (QED) is 0.787. The first-order valence-corrected chi connectivity index (χ1v) is 5.82. The minimum Gasteiger partial charge on any atom is -0.367 e. The van der Waals surface area contributed by atoms with Gasteiger partial charge in [0.2, 0.25) is 0 Å². The molecule has 0 radical (unpaired) electrons. The van der Waals surface area contributed by atoms with Gasteiger partial charge in [0.05, 0.1) is 12.1 Å². The second-order valence-electron chi connectivity index (χ2n) is 4.24. The molecule has 0 aromatic heterocycles. The van der Waals surface area contributed by atoms with Crippen molar-refractivity contribution in [1.29, 1.82) is 0 Å². The molecule has 0 fully saturated rings. The third kappa shape index (κ3) is 3.16. The summed E-state index contributed by atoms with van der Waals surface area (Å²) in [6.45, 7) is 0.0343. The minimum absolute atomic E-state index is 0.0343. The van der Waals surface area contributed by atoms with E-state index < -0.39 is 5.82 Å². The number of anilines is 1. The van der Waals surface area contributed by atoms with Gasteiger partial charge < -0.3 is 4.90 Å². The summed E-state index contributed by atoms with van der Waals surface area (Å²) in [7, 11) is 1.70. The molecule has 0 aliphatic carbocycles. The number of likely N-dealkylation sites (N-methyl/N-ethyl adjacent to an activating group) is 1. The Labute approximate surface area is 110 Å². The molecule has 0 saturated carbocycles. The summed E-state index contributed by atoms with van der Waals surface area (Å²) in [6.07, 6.45) is 0. The van der Waals surface area contributed by atoms with E-state index in [1.54, 1.807) is 30.1 Å². The van der Waals surface area contributed by atoms with E-state index in [9.17, 15) is 13.6 Å². The molecule has 98 valence electrons. The van der Waals surface area contributed by atoms with Crippen molar-refractivity contribution in [3.8, 4) is 0 Å². The van der Waals surface area contributed by atoms with Gasteiger partial charge in [-0.05, 0) is 36.4 Å². The summed E-state index contributed by atoms with van der Waals surface area (Å²) in [5, 5.41) is 0. The van der Waals surface area contributed by atoms with E-state index in [1.165, 1.54) is 30.3 Å². The Morgan fingerprint density at radius 1 is 1.05 bits per heavy atom. The van der Waals surface area contributed by atoms with Crippen molar-refractivity contribution in [3.05, 3.63) is 65.7 Å². The molecule has 0 amide bonds. The topological polar surface area (TPSA) is 20.3 Å². The Kier molecular flexibility index (Phi) is 3.90. The molecule has 0 bridgehead atoms. The molecule has 4 heteroatoms. The number of ketones is 1. The minimum atomic E-state index is -0.528. The first-order chi connectivity index (χ1) is 9.08. The molecule has 0 saturated heterocycles. The average Bonchev–Trinajstić information content (AvgIpc) is 2.39. The Bertz CT molecular complexity index is 581. The van der Waals surface area contributed by atoms with Crippen LogP contribution in [0.2, 0.25) is 0 Å². The lowest BCUT2D eigenvalue weighted by atomic mass is 10.1. The zero-order valence-corrected chi connectivity index (χ0v) is 10.4. The highest BCUT2D eigenvalue weighted by molar-refractivity contribution is 5.99. The Morgan fingerprint density at radius 3 is 2.32 bits per heavy atom. The fraction of sp³-hybridized carbons (Fsp3) is 0.133. The number of rotatable bonds is 4. The van der Waals surface area contributed by atoms with Gasteiger partial charge in [-0.3, -0.25) is 4.79 Å². The SMILES string of the molecule is CN(CC(=O)c1ccccc1F)c1ccc(F)cc1. The van der Waals surface area contributed by atoms with Gasteiger partial charge in [-0.1, -0.05) is 12.1 Å². The van der Waals surface area contributed by atoms with Crippen molar-refractivity contribution >= 4 is 11.5 Å². The van der Waals surface area contributed by atoms with E-state index in [-0.39, 0.29) is 23.7 Å². The van der Waals surface area contributed by atoms with Crippen LogP contribution in [0.15, 0.2) is 48.5 Å². The van der Waals surface area contributed by atoms with Gasteiger partial charge in [0, 0.05) is 12.7 Å². The maximum Gasteiger partial charge on any atom is 0.185 e. The van der Waals surface area contributed by atoms with Gasteiger partial charge in [-0.15, -0.1) is 0 Å². The van der Waals surface area contributed by atoms with Gasteiger partial charge in [0.1, 0.15) is 11.6 Å². The lowest BCUT2D eigenvalue weighted by Gasteiger charge is -2.18. The van der Waals surface area contributed by atoms with Gasteiger partial charge >= 0.3 is 0 Å². The van der Waals surface area contributed by atoms with Crippen molar-refractivity contribution in [2.24, 2.45) is 0 Å². The number of benzene rings is 2. The number of hydrogen-bond acceptors (Lipinski definition) is 2. The molecule has 0 unspecified atom stereocenters. The van der Waals surface area contributed by atoms with Crippen molar-refractivity contribution in [3.63, 3.8) is 0 Å². The zero-order valence-electron chi connectivity index (χ0n) is 10.4. The third-order valence-corrected chi connectivity index (χ3v) is 2.82. The van der Waals surface area contributed by atoms with Crippen LogP contribution in [0.5, 0.6) is 0 Å². The highest BCUT2D eigenvalue weighted by atomic mass is 19.1. The van der Waals surface area contributed by atoms with E-state index in [1.807, 2.05) is 0 Å². The number of halogens is 2. The van der Waals surface area contributed by atoms with Crippen molar-refractivity contribution < 1.29 is 13.6 Å². The van der Waals surface area contributed by atoms with Gasteiger partial charge in [0.25, 0.3) is 0 Å². The van der Waals surface area contributed by atoms with Crippen LogP contribution < -0.4 is 4.90 Å². The molecular formula is C15H13F2NO. The molecule has 19 heavy (non-hydrogen) atoms. The lowest BCUT2D eigenvalue weighted by Crippen LogP contribution is -2.26. The van der Waals surface area contributed by atoms with Crippen molar-refractivity contribution in [2.45, 2.75) is 0 Å². The lowest BCUT2D eigenvalue weighted by molar-refractivity contribution is 0.0996. The van der Waals surface area contributed by atoms with Crippen LogP contribution in [0, 0.1) is 11.6 Å². The number of hydrogen-bond donors (Lipinski definition) is 0. The predicted molar refractivity (Wildman–Crippen MR) is 70.4 cm³/mol.